The monoisotopic (exact) mass is 323 g/mol. The van der Waals surface area contributed by atoms with Gasteiger partial charge in [-0.3, -0.25) is 10.2 Å². The highest BCUT2D eigenvalue weighted by Gasteiger charge is 2.52. The van der Waals surface area contributed by atoms with Crippen LogP contribution in [0.25, 0.3) is 0 Å². The number of carbonyl (C=O) groups is 2. The molecule has 0 aromatic carbocycles. The van der Waals surface area contributed by atoms with Crippen molar-refractivity contribution < 1.29 is 24.5 Å². The van der Waals surface area contributed by atoms with Gasteiger partial charge >= 0.3 is 13.7 Å². The molecule has 0 saturated carbocycles. The van der Waals surface area contributed by atoms with E-state index in [0.29, 0.717) is 19.4 Å². The van der Waals surface area contributed by atoms with Crippen LogP contribution in [0.4, 0.5) is 0 Å². The number of carbonyl (C=O) groups excluding carboxylic acids is 1. The van der Waals surface area contributed by atoms with Gasteiger partial charge in [0.05, 0.1) is 12.6 Å². The van der Waals surface area contributed by atoms with Crippen LogP contribution in [0.3, 0.4) is 0 Å². The molecule has 1 amide bonds. The van der Waals surface area contributed by atoms with Gasteiger partial charge in [-0.2, -0.15) is 0 Å². The minimum atomic E-state index is -4.08. The summed E-state index contributed by atoms with van der Waals surface area (Å²) in [6.45, 7) is 1.12. The Morgan fingerprint density at radius 2 is 1.90 bits per heavy atom. The largest absolute Gasteiger partial charge is 0.478 e. The lowest BCUT2D eigenvalue weighted by Gasteiger charge is -2.19. The van der Waals surface area contributed by atoms with Crippen LogP contribution in [-0.2, 0) is 9.59 Å². The van der Waals surface area contributed by atoms with E-state index in [9.17, 15) is 19.4 Å². The first-order chi connectivity index (χ1) is 9.64. The van der Waals surface area contributed by atoms with Gasteiger partial charge < -0.3 is 21.9 Å². The average molecular weight is 323 g/mol. The molecule has 0 radical (unpaired) electrons. The van der Waals surface area contributed by atoms with Crippen LogP contribution in [0.2, 0.25) is 0 Å². The highest BCUT2D eigenvalue weighted by molar-refractivity contribution is 7.82. The molecule has 0 rings (SSSR count). The average Bonchev–Trinajstić information content (AvgIpc) is 2.37. The van der Waals surface area contributed by atoms with Gasteiger partial charge in [-0.25, -0.2) is 14.6 Å². The smallest absolute Gasteiger partial charge is 0.352 e. The number of nitrogens with two attached hydrogens (primary N) is 2. The zero-order valence-corrected chi connectivity index (χ0v) is 12.8. The maximum Gasteiger partial charge on any atom is 0.352 e. The van der Waals surface area contributed by atoms with Crippen molar-refractivity contribution >= 4 is 25.0 Å². The van der Waals surface area contributed by atoms with Crippen molar-refractivity contribution in [3.63, 3.8) is 0 Å². The van der Waals surface area contributed by atoms with E-state index in [1.165, 1.54) is 0 Å². The van der Waals surface area contributed by atoms with E-state index in [0.717, 1.165) is 13.3 Å². The molecular weight excluding hydrogens is 299 g/mol. The minimum Gasteiger partial charge on any atom is -0.478 e. The van der Waals surface area contributed by atoms with Crippen LogP contribution < -0.4 is 16.8 Å². The van der Waals surface area contributed by atoms with Crippen molar-refractivity contribution in [2.45, 2.75) is 37.9 Å². The number of amides is 1. The first-order valence-electron chi connectivity index (χ1n) is 6.50. The molecular formula is C11H24N4O5P+. The first-order valence-corrected chi connectivity index (χ1v) is 8.27. The van der Waals surface area contributed by atoms with Gasteiger partial charge in [-0.15, -0.1) is 0 Å². The van der Waals surface area contributed by atoms with Gasteiger partial charge in [0.15, 0.2) is 0 Å². The molecule has 0 aliphatic rings. The van der Waals surface area contributed by atoms with Crippen LogP contribution in [-0.4, -0.2) is 57.0 Å². The molecule has 0 fully saturated rings. The number of carboxylic acids is 1. The molecule has 1 unspecified atom stereocenters. The molecule has 0 saturated heterocycles. The molecule has 0 aliphatic carbocycles. The highest BCUT2D eigenvalue weighted by atomic mass is 31.2. The van der Waals surface area contributed by atoms with E-state index in [2.05, 4.69) is 5.32 Å². The normalized spacial score (nSPS) is 14.3. The summed E-state index contributed by atoms with van der Waals surface area (Å²) < 4.78 is 0. The molecule has 9 nitrogen and oxygen atoms in total. The lowest BCUT2D eigenvalue weighted by Crippen LogP contribution is -2.46. The Bertz CT molecular complexity index is 391. The van der Waals surface area contributed by atoms with Gasteiger partial charge in [0.2, 0.25) is 17.0 Å². The van der Waals surface area contributed by atoms with Crippen molar-refractivity contribution in [1.29, 1.82) is 5.41 Å². The molecule has 2 atom stereocenters. The summed E-state index contributed by atoms with van der Waals surface area (Å²) in [7, 11) is -4.08. The van der Waals surface area contributed by atoms with E-state index < -0.39 is 43.3 Å². The quantitative estimate of drug-likeness (QED) is 0.150. The summed E-state index contributed by atoms with van der Waals surface area (Å²) in [5, 5.41) is 18.5. The van der Waals surface area contributed by atoms with Crippen LogP contribution in [0.15, 0.2) is 0 Å². The zero-order valence-electron chi connectivity index (χ0n) is 12.0. The molecule has 21 heavy (non-hydrogen) atoms. The second kappa shape index (κ2) is 9.01. The van der Waals surface area contributed by atoms with Gasteiger partial charge in [-0.05, 0) is 19.4 Å². The third-order valence-corrected chi connectivity index (χ3v) is 5.25. The number of aliphatic carboxylic acids is 1. The molecule has 0 spiro atoms. The predicted molar refractivity (Wildman–Crippen MR) is 80.1 cm³/mol. The van der Waals surface area contributed by atoms with Gasteiger partial charge in [0.25, 0.3) is 0 Å². The fourth-order valence-corrected chi connectivity index (χ4v) is 2.69. The topological polar surface area (TPSA) is 183 Å². The Balaban J connectivity index is 4.54. The van der Waals surface area contributed by atoms with E-state index in [1.807, 2.05) is 0 Å². The third kappa shape index (κ3) is 6.45. The summed E-state index contributed by atoms with van der Waals surface area (Å²) in [6, 6.07) is -0.808. The molecule has 0 bridgehead atoms. The number of nitrogens with one attached hydrogen (secondary N) is 2. The first kappa shape index (κ1) is 19.9. The molecule has 0 aromatic heterocycles. The maximum absolute atomic E-state index is 11.7. The van der Waals surface area contributed by atoms with Crippen molar-refractivity contribution in [3.05, 3.63) is 0 Å². The van der Waals surface area contributed by atoms with Crippen molar-refractivity contribution in [2.75, 3.05) is 13.1 Å². The van der Waals surface area contributed by atoms with E-state index in [-0.39, 0.29) is 0 Å². The summed E-state index contributed by atoms with van der Waals surface area (Å²) in [5.41, 5.74) is 8.79. The van der Waals surface area contributed by atoms with Gasteiger partial charge in [0, 0.05) is 6.92 Å². The maximum atomic E-state index is 11.7. The zero-order chi connectivity index (χ0) is 16.6. The highest BCUT2D eigenvalue weighted by Crippen LogP contribution is 2.55. The molecule has 9 N–H and O–H groups in total. The van der Waals surface area contributed by atoms with E-state index >= 15 is 0 Å². The van der Waals surface area contributed by atoms with Crippen LogP contribution >= 0.6 is 7.72 Å². The number of hydrogen-bond acceptors (Lipinski definition) is 7. The molecule has 10 heteroatoms. The van der Waals surface area contributed by atoms with Gasteiger partial charge in [-0.1, -0.05) is 6.42 Å². The fourth-order valence-electron chi connectivity index (χ4n) is 1.57. The van der Waals surface area contributed by atoms with Crippen molar-refractivity contribution in [3.8, 4) is 0 Å². The predicted octanol–water partition coefficient (Wildman–Crippen LogP) is -1.16. The number of carboxylic acid groups (broad SMARTS) is 1. The summed E-state index contributed by atoms with van der Waals surface area (Å²) >= 11 is 0. The standard InChI is InChI=1S/C11H23N4O5P/c1-7(13)21(19,20)9(11(17)18)6-15-10(16)8(14)4-2-3-5-12/h8-9,13,19-20H,2-6,12,14H2,1H3,(H-,15,16,17,18)/p+1/t8-,9?/m0/s1. The van der Waals surface area contributed by atoms with Crippen molar-refractivity contribution in [2.24, 2.45) is 11.5 Å². The van der Waals surface area contributed by atoms with Gasteiger partial charge in [0.1, 0.15) is 0 Å². The van der Waals surface area contributed by atoms with Crippen molar-refractivity contribution in [1.82, 2.24) is 5.32 Å². The summed E-state index contributed by atoms with van der Waals surface area (Å²) in [4.78, 5) is 42.2. The molecule has 0 aliphatic heterocycles. The summed E-state index contributed by atoms with van der Waals surface area (Å²) in [6.07, 6.45) is 1.81. The summed E-state index contributed by atoms with van der Waals surface area (Å²) in [5.74, 6) is -2.06. The Morgan fingerprint density at radius 1 is 1.33 bits per heavy atom. The van der Waals surface area contributed by atoms with Crippen LogP contribution in [0, 0.1) is 5.41 Å². The molecule has 0 heterocycles. The molecule has 122 valence electrons. The van der Waals surface area contributed by atoms with E-state index in [4.69, 9.17) is 22.0 Å². The second-order valence-corrected chi connectivity index (χ2v) is 7.32. The van der Waals surface area contributed by atoms with Crippen LogP contribution in [0.5, 0.6) is 0 Å². The fraction of sp³-hybridized carbons (Fsp3) is 0.727. The number of rotatable bonds is 10. The minimum absolute atomic E-state index is 0.406. The SMILES string of the molecule is CC(=N)[P+](O)(O)C(CNC(=O)[C@@H](N)CCCCN)C(=O)O. The van der Waals surface area contributed by atoms with Crippen LogP contribution in [0.1, 0.15) is 26.2 Å². The Hall–Kier alpha value is -1.12. The Kier molecular flexibility index (Phi) is 8.53. The molecule has 0 aromatic rings. The Labute approximate surface area is 123 Å². The van der Waals surface area contributed by atoms with E-state index in [1.54, 1.807) is 0 Å². The number of unbranched alkanes of at least 4 members (excludes halogenated alkanes) is 1. The number of hydrogen-bond donors (Lipinski definition) is 7. The lowest BCUT2D eigenvalue weighted by atomic mass is 10.1. The lowest BCUT2D eigenvalue weighted by molar-refractivity contribution is -0.136. The third-order valence-electron chi connectivity index (χ3n) is 2.99. The Morgan fingerprint density at radius 3 is 2.33 bits per heavy atom. The second-order valence-electron chi connectivity index (χ2n) is 4.73.